The van der Waals surface area contributed by atoms with Gasteiger partial charge in [0.25, 0.3) is 0 Å². The second-order valence-corrected chi connectivity index (χ2v) is 6.50. The Hall–Kier alpha value is -0.950. The topological polar surface area (TPSA) is 90.9 Å². The third-order valence-corrected chi connectivity index (χ3v) is 3.42. The average Bonchev–Trinajstić information content (AvgIpc) is 2.58. The summed E-state index contributed by atoms with van der Waals surface area (Å²) >= 11 is 0. The average molecular weight is 260 g/mol. The van der Waals surface area contributed by atoms with Crippen LogP contribution in [-0.4, -0.2) is 29.4 Å². The maximum atomic E-state index is 11.5. The highest BCUT2D eigenvalue weighted by Gasteiger charge is 2.23. The summed E-state index contributed by atoms with van der Waals surface area (Å²) in [6.45, 7) is 6.47. The van der Waals surface area contributed by atoms with Crippen LogP contribution in [0.1, 0.15) is 39.1 Å². The molecule has 1 rings (SSSR count). The molecule has 1 aromatic heterocycles. The maximum absolute atomic E-state index is 11.5. The summed E-state index contributed by atoms with van der Waals surface area (Å²) in [4.78, 5) is 0. The van der Waals surface area contributed by atoms with Crippen molar-refractivity contribution >= 4 is 9.84 Å². The van der Waals surface area contributed by atoms with E-state index in [0.29, 0.717) is 18.3 Å². The second-order valence-electron chi connectivity index (χ2n) is 4.59. The Morgan fingerprint density at radius 3 is 2.35 bits per heavy atom. The summed E-state index contributed by atoms with van der Waals surface area (Å²) in [5.74, 6) is 0.968. The molecule has 7 heteroatoms. The first-order valence-electron chi connectivity index (χ1n) is 5.66. The first kappa shape index (κ1) is 14.1. The minimum Gasteiger partial charge on any atom is -0.321 e. The zero-order chi connectivity index (χ0) is 13.2. The lowest BCUT2D eigenvalue weighted by Crippen LogP contribution is -2.20. The summed E-state index contributed by atoms with van der Waals surface area (Å²) in [5.41, 5.74) is 6.01. The fourth-order valence-corrected chi connectivity index (χ4v) is 2.57. The molecule has 0 aliphatic carbocycles. The zero-order valence-corrected chi connectivity index (χ0v) is 11.5. The molecule has 0 spiro atoms. The Morgan fingerprint density at radius 2 is 1.94 bits per heavy atom. The van der Waals surface area contributed by atoms with Crippen molar-refractivity contribution < 1.29 is 8.42 Å². The van der Waals surface area contributed by atoms with E-state index < -0.39 is 9.84 Å². The van der Waals surface area contributed by atoms with Crippen molar-refractivity contribution in [3.63, 3.8) is 0 Å². The molecule has 1 heterocycles. The van der Waals surface area contributed by atoms with E-state index in [1.807, 2.05) is 6.92 Å². The fourth-order valence-electron chi connectivity index (χ4n) is 1.76. The number of aromatic nitrogens is 3. The van der Waals surface area contributed by atoms with Crippen LogP contribution in [0.25, 0.3) is 0 Å². The van der Waals surface area contributed by atoms with E-state index in [1.54, 1.807) is 4.57 Å². The Kier molecular flexibility index (Phi) is 4.26. The second kappa shape index (κ2) is 5.14. The van der Waals surface area contributed by atoms with Crippen LogP contribution in [0.15, 0.2) is 5.16 Å². The van der Waals surface area contributed by atoms with Crippen molar-refractivity contribution in [2.45, 2.75) is 44.9 Å². The largest absolute Gasteiger partial charge is 0.321 e. The van der Waals surface area contributed by atoms with Crippen LogP contribution in [0, 0.1) is 5.92 Å². The van der Waals surface area contributed by atoms with Crippen LogP contribution in [0.5, 0.6) is 0 Å². The van der Waals surface area contributed by atoms with Gasteiger partial charge in [-0.3, -0.25) is 0 Å². The standard InChI is InChI=1S/C10H20N4O2S/c1-5-14-9(8(11)6-7(2)3)12-13-10(14)17(4,15)16/h7-8H,5-6,11H2,1-4H3/t8-/m0/s1. The predicted molar refractivity (Wildman–Crippen MR) is 65.2 cm³/mol. The molecule has 0 aliphatic rings. The van der Waals surface area contributed by atoms with Crippen molar-refractivity contribution in [1.29, 1.82) is 0 Å². The lowest BCUT2D eigenvalue weighted by Gasteiger charge is -2.14. The van der Waals surface area contributed by atoms with E-state index in [1.165, 1.54) is 0 Å². The smallest absolute Gasteiger partial charge is 0.249 e. The van der Waals surface area contributed by atoms with E-state index in [2.05, 4.69) is 24.0 Å². The Labute approximate surface area is 102 Å². The van der Waals surface area contributed by atoms with Gasteiger partial charge >= 0.3 is 0 Å². The molecule has 0 fully saturated rings. The first-order valence-corrected chi connectivity index (χ1v) is 7.55. The summed E-state index contributed by atoms with van der Waals surface area (Å²) in [6, 6.07) is -0.280. The van der Waals surface area contributed by atoms with Gasteiger partial charge in [0.2, 0.25) is 15.0 Å². The van der Waals surface area contributed by atoms with Crippen molar-refractivity contribution in [1.82, 2.24) is 14.8 Å². The van der Waals surface area contributed by atoms with Gasteiger partial charge in [-0.15, -0.1) is 10.2 Å². The predicted octanol–water partition coefficient (Wildman–Crippen LogP) is 0.747. The molecule has 17 heavy (non-hydrogen) atoms. The third kappa shape index (κ3) is 3.26. The van der Waals surface area contributed by atoms with Crippen molar-refractivity contribution in [2.75, 3.05) is 6.26 Å². The minimum absolute atomic E-state index is 0.00536. The number of hydrogen-bond donors (Lipinski definition) is 1. The van der Waals surface area contributed by atoms with Gasteiger partial charge in [0.1, 0.15) is 0 Å². The molecule has 2 N–H and O–H groups in total. The van der Waals surface area contributed by atoms with Crippen LogP contribution in [-0.2, 0) is 16.4 Å². The molecule has 0 bridgehead atoms. The summed E-state index contributed by atoms with van der Waals surface area (Å²) in [7, 11) is -3.35. The molecule has 0 aliphatic heterocycles. The third-order valence-electron chi connectivity index (χ3n) is 2.45. The molecule has 0 amide bonds. The van der Waals surface area contributed by atoms with Crippen LogP contribution >= 0.6 is 0 Å². The summed E-state index contributed by atoms with van der Waals surface area (Å²) < 4.78 is 24.6. The normalized spacial score (nSPS) is 14.2. The number of rotatable bonds is 5. The van der Waals surface area contributed by atoms with E-state index in [9.17, 15) is 8.42 Å². The van der Waals surface area contributed by atoms with Gasteiger partial charge in [-0.1, -0.05) is 13.8 Å². The monoisotopic (exact) mass is 260 g/mol. The van der Waals surface area contributed by atoms with Crippen molar-refractivity contribution in [3.8, 4) is 0 Å². The van der Waals surface area contributed by atoms with Gasteiger partial charge in [-0.25, -0.2) is 8.42 Å². The number of nitrogens with two attached hydrogens (primary N) is 1. The Balaban J connectivity index is 3.15. The highest BCUT2D eigenvalue weighted by molar-refractivity contribution is 7.90. The highest BCUT2D eigenvalue weighted by Crippen LogP contribution is 2.19. The van der Waals surface area contributed by atoms with Crippen LogP contribution in [0.3, 0.4) is 0 Å². The van der Waals surface area contributed by atoms with Crippen LogP contribution < -0.4 is 5.73 Å². The quantitative estimate of drug-likeness (QED) is 0.843. The lowest BCUT2D eigenvalue weighted by molar-refractivity contribution is 0.469. The molecule has 6 nitrogen and oxygen atoms in total. The molecule has 0 saturated heterocycles. The van der Waals surface area contributed by atoms with E-state index in [4.69, 9.17) is 5.73 Å². The van der Waals surface area contributed by atoms with E-state index in [-0.39, 0.29) is 11.2 Å². The molecule has 0 saturated carbocycles. The molecule has 1 aromatic rings. The van der Waals surface area contributed by atoms with Gasteiger partial charge in [0.15, 0.2) is 5.82 Å². The minimum atomic E-state index is -3.35. The SMILES string of the molecule is CCn1c([C@@H](N)CC(C)C)nnc1S(C)(=O)=O. The number of nitrogens with zero attached hydrogens (tertiary/aromatic N) is 3. The molecule has 0 radical (unpaired) electrons. The van der Waals surface area contributed by atoms with Crippen molar-refractivity contribution in [3.05, 3.63) is 5.82 Å². The number of sulfone groups is 1. The van der Waals surface area contributed by atoms with Gasteiger partial charge in [-0.2, -0.15) is 0 Å². The van der Waals surface area contributed by atoms with Gasteiger partial charge in [-0.05, 0) is 19.3 Å². The number of hydrogen-bond acceptors (Lipinski definition) is 5. The van der Waals surface area contributed by atoms with Crippen LogP contribution in [0.4, 0.5) is 0 Å². The van der Waals surface area contributed by atoms with Gasteiger partial charge in [0, 0.05) is 12.8 Å². The highest BCUT2D eigenvalue weighted by atomic mass is 32.2. The summed E-state index contributed by atoms with van der Waals surface area (Å²) in [6.07, 6.45) is 1.88. The molecule has 0 unspecified atom stereocenters. The fraction of sp³-hybridized carbons (Fsp3) is 0.800. The van der Waals surface area contributed by atoms with E-state index in [0.717, 1.165) is 12.7 Å². The molecular formula is C10H20N4O2S. The Morgan fingerprint density at radius 1 is 1.35 bits per heavy atom. The molecule has 1 atom stereocenters. The van der Waals surface area contributed by atoms with Gasteiger partial charge in [0.05, 0.1) is 6.04 Å². The molecular weight excluding hydrogens is 240 g/mol. The first-order chi connectivity index (χ1) is 7.77. The van der Waals surface area contributed by atoms with Gasteiger partial charge < -0.3 is 10.3 Å². The van der Waals surface area contributed by atoms with Crippen LogP contribution in [0.2, 0.25) is 0 Å². The summed E-state index contributed by atoms with van der Waals surface area (Å²) in [5, 5.41) is 7.64. The lowest BCUT2D eigenvalue weighted by atomic mass is 10.0. The molecule has 0 aromatic carbocycles. The maximum Gasteiger partial charge on any atom is 0.249 e. The molecule has 98 valence electrons. The Bertz CT molecular complexity index is 478. The van der Waals surface area contributed by atoms with E-state index >= 15 is 0 Å². The zero-order valence-electron chi connectivity index (χ0n) is 10.7. The van der Waals surface area contributed by atoms with Crippen molar-refractivity contribution in [2.24, 2.45) is 11.7 Å².